The molecule has 0 aliphatic rings. The Hall–Kier alpha value is -0.720. The van der Waals surface area contributed by atoms with Gasteiger partial charge in [-0.15, -0.1) is 0 Å². The summed E-state index contributed by atoms with van der Waals surface area (Å²) in [6.07, 6.45) is 11.2. The van der Waals surface area contributed by atoms with Crippen LogP contribution in [0.2, 0.25) is 0 Å². The third-order valence-corrected chi connectivity index (χ3v) is 10.5. The summed E-state index contributed by atoms with van der Waals surface area (Å²) in [5, 5.41) is 5.71. The van der Waals surface area contributed by atoms with E-state index in [9.17, 15) is 9.59 Å². The molecule has 0 heterocycles. The Labute approximate surface area is 156 Å². The fourth-order valence-electron chi connectivity index (χ4n) is 2.73. The molecule has 4 nitrogen and oxygen atoms in total. The molecule has 25 heavy (non-hydrogen) atoms. The Kier molecular flexibility index (Phi) is 12.2. The minimum Gasteiger partial charge on any atom is -0.352 e. The minimum absolute atomic E-state index is 0.0769. The van der Waals surface area contributed by atoms with E-state index in [0.29, 0.717) is 0 Å². The zero-order valence-electron chi connectivity index (χ0n) is 16.6. The summed E-state index contributed by atoms with van der Waals surface area (Å²) in [5.74, 6) is -0.154. The van der Waals surface area contributed by atoms with Crippen molar-refractivity contribution in [2.45, 2.75) is 19.3 Å². The van der Waals surface area contributed by atoms with E-state index in [4.69, 9.17) is 0 Å². The van der Waals surface area contributed by atoms with Gasteiger partial charge in [-0.05, 0) is 25.0 Å². The van der Waals surface area contributed by atoms with E-state index in [2.05, 4.69) is 50.5 Å². The van der Waals surface area contributed by atoms with Crippen LogP contribution < -0.4 is 10.6 Å². The molecule has 0 unspecified atom stereocenters. The summed E-state index contributed by atoms with van der Waals surface area (Å²) in [5.41, 5.74) is 0. The molecule has 0 saturated carbocycles. The molecule has 0 aliphatic heterocycles. The van der Waals surface area contributed by atoms with Crippen molar-refractivity contribution >= 4 is 26.3 Å². The Balaban J connectivity index is 3.92. The van der Waals surface area contributed by atoms with Gasteiger partial charge in [0.1, 0.15) is 0 Å². The first-order valence-corrected chi connectivity index (χ1v) is 15.2. The van der Waals surface area contributed by atoms with Gasteiger partial charge in [0.25, 0.3) is 0 Å². The second kappa shape index (κ2) is 12.6. The quantitative estimate of drug-likeness (QED) is 0.272. The third-order valence-electron chi connectivity index (χ3n) is 4.38. The van der Waals surface area contributed by atoms with Crippen molar-refractivity contribution in [2.75, 3.05) is 64.4 Å². The second-order valence-corrected chi connectivity index (χ2v) is 17.3. The fourth-order valence-corrected chi connectivity index (χ4v) is 7.49. The number of carbonyl (C=O) groups excluding carboxylic acids is 2. The molecular formula is C19H38N2O2P2+2. The average molecular weight is 388 g/mol. The van der Waals surface area contributed by atoms with Crippen LogP contribution in [-0.2, 0) is 9.59 Å². The van der Waals surface area contributed by atoms with Gasteiger partial charge in [0.15, 0.2) is 0 Å². The molecule has 0 aliphatic carbocycles. The average Bonchev–Trinajstić information content (AvgIpc) is 2.54. The standard InChI is InChI=1S/C19H36N2O2P2/c1-7-18(22)20-12-9-14-24(3,4)16-11-17-25(5,6)15-10-13-21-19(23)8-2/h7-8H,1-2,9-17H2,3-6H3/p+2. The van der Waals surface area contributed by atoms with Gasteiger partial charge in [-0.25, -0.2) is 0 Å². The summed E-state index contributed by atoms with van der Waals surface area (Å²) >= 11 is 0. The smallest absolute Gasteiger partial charge is 0.243 e. The molecule has 2 amide bonds. The van der Waals surface area contributed by atoms with E-state index in [-0.39, 0.29) is 11.8 Å². The first-order valence-electron chi connectivity index (χ1n) is 9.06. The van der Waals surface area contributed by atoms with Crippen molar-refractivity contribution < 1.29 is 9.59 Å². The van der Waals surface area contributed by atoms with Gasteiger partial charge in [0.05, 0.1) is 24.6 Å². The first-order chi connectivity index (χ1) is 11.6. The summed E-state index contributed by atoms with van der Waals surface area (Å²) in [7, 11) is -1.75. The zero-order valence-corrected chi connectivity index (χ0v) is 18.4. The van der Waals surface area contributed by atoms with Gasteiger partial charge in [-0.1, -0.05) is 13.2 Å². The lowest BCUT2D eigenvalue weighted by Gasteiger charge is -2.21. The summed E-state index contributed by atoms with van der Waals surface area (Å²) in [6, 6.07) is 0. The second-order valence-electron chi connectivity index (χ2n) is 7.82. The van der Waals surface area contributed by atoms with Crippen molar-refractivity contribution in [1.82, 2.24) is 10.6 Å². The van der Waals surface area contributed by atoms with E-state index in [1.54, 1.807) is 0 Å². The Morgan fingerprint density at radius 3 is 1.36 bits per heavy atom. The number of nitrogens with one attached hydrogen (secondary N) is 2. The fraction of sp³-hybridized carbons (Fsp3) is 0.684. The largest absolute Gasteiger partial charge is 0.352 e. The Morgan fingerprint density at radius 1 is 0.720 bits per heavy atom. The molecular weight excluding hydrogens is 350 g/mol. The lowest BCUT2D eigenvalue weighted by molar-refractivity contribution is -0.117. The molecule has 0 aromatic rings. The van der Waals surface area contributed by atoms with Gasteiger partial charge >= 0.3 is 0 Å². The minimum atomic E-state index is -0.873. The summed E-state index contributed by atoms with van der Waals surface area (Å²) in [4.78, 5) is 22.3. The third kappa shape index (κ3) is 14.2. The molecule has 144 valence electrons. The summed E-state index contributed by atoms with van der Waals surface area (Å²) in [6.45, 7) is 18.2. The molecule has 0 fully saturated rings. The molecule has 6 heteroatoms. The predicted molar refractivity (Wildman–Crippen MR) is 117 cm³/mol. The number of carbonyl (C=O) groups is 2. The van der Waals surface area contributed by atoms with Crippen LogP contribution in [0.4, 0.5) is 0 Å². The number of hydrogen-bond donors (Lipinski definition) is 2. The molecule has 0 radical (unpaired) electrons. The van der Waals surface area contributed by atoms with E-state index in [0.717, 1.165) is 25.9 Å². The van der Waals surface area contributed by atoms with Crippen LogP contribution in [0.15, 0.2) is 25.3 Å². The van der Waals surface area contributed by atoms with Crippen LogP contribution in [0.25, 0.3) is 0 Å². The van der Waals surface area contributed by atoms with Gasteiger partial charge in [0, 0.05) is 60.7 Å². The highest BCUT2D eigenvalue weighted by Gasteiger charge is 2.29. The SMILES string of the molecule is C=CC(=O)NCCC[P+](C)(C)CCC[P+](C)(C)CCCNC(=O)C=C. The molecule has 0 rings (SSSR count). The van der Waals surface area contributed by atoms with E-state index >= 15 is 0 Å². The highest BCUT2D eigenvalue weighted by Crippen LogP contribution is 2.56. The molecule has 2 N–H and O–H groups in total. The highest BCUT2D eigenvalue weighted by atomic mass is 31.2. The lowest BCUT2D eigenvalue weighted by atomic mass is 10.4. The topological polar surface area (TPSA) is 58.2 Å². The Morgan fingerprint density at radius 2 is 1.04 bits per heavy atom. The molecule has 0 saturated heterocycles. The first kappa shape index (κ1) is 24.3. The van der Waals surface area contributed by atoms with Gasteiger partial charge in [0.2, 0.25) is 11.8 Å². The van der Waals surface area contributed by atoms with Crippen LogP contribution in [-0.4, -0.2) is 76.2 Å². The van der Waals surface area contributed by atoms with Crippen molar-refractivity contribution in [3.8, 4) is 0 Å². The molecule has 0 aromatic carbocycles. The monoisotopic (exact) mass is 388 g/mol. The van der Waals surface area contributed by atoms with Crippen LogP contribution in [0.1, 0.15) is 19.3 Å². The van der Waals surface area contributed by atoms with E-state index in [1.165, 1.54) is 43.2 Å². The number of hydrogen-bond acceptors (Lipinski definition) is 2. The Bertz CT molecular complexity index is 409. The molecule has 0 spiro atoms. The molecule has 0 atom stereocenters. The van der Waals surface area contributed by atoms with Crippen molar-refractivity contribution in [2.24, 2.45) is 0 Å². The van der Waals surface area contributed by atoms with E-state index in [1.807, 2.05) is 0 Å². The maximum Gasteiger partial charge on any atom is 0.243 e. The summed E-state index contributed by atoms with van der Waals surface area (Å²) < 4.78 is 0. The van der Waals surface area contributed by atoms with Crippen LogP contribution in [0.5, 0.6) is 0 Å². The number of rotatable bonds is 14. The molecule has 0 aromatic heterocycles. The van der Waals surface area contributed by atoms with Crippen LogP contribution in [0, 0.1) is 0 Å². The van der Waals surface area contributed by atoms with Crippen LogP contribution >= 0.6 is 14.5 Å². The highest BCUT2D eigenvalue weighted by molar-refractivity contribution is 7.75. The van der Waals surface area contributed by atoms with Gasteiger partial charge in [-0.3, -0.25) is 9.59 Å². The van der Waals surface area contributed by atoms with E-state index < -0.39 is 14.5 Å². The predicted octanol–water partition coefficient (Wildman–Crippen LogP) is 3.32. The lowest BCUT2D eigenvalue weighted by Crippen LogP contribution is -2.23. The van der Waals surface area contributed by atoms with Gasteiger partial charge < -0.3 is 10.6 Å². The van der Waals surface area contributed by atoms with Crippen molar-refractivity contribution in [1.29, 1.82) is 0 Å². The number of amides is 2. The van der Waals surface area contributed by atoms with Crippen molar-refractivity contribution in [3.63, 3.8) is 0 Å². The zero-order chi connectivity index (χ0) is 19.3. The molecule has 0 bridgehead atoms. The van der Waals surface area contributed by atoms with Gasteiger partial charge in [-0.2, -0.15) is 0 Å². The maximum absolute atomic E-state index is 11.1. The normalized spacial score (nSPS) is 11.7. The maximum atomic E-state index is 11.1. The van der Waals surface area contributed by atoms with Crippen molar-refractivity contribution in [3.05, 3.63) is 25.3 Å². The van der Waals surface area contributed by atoms with Crippen LogP contribution in [0.3, 0.4) is 0 Å².